The van der Waals surface area contributed by atoms with Crippen LogP contribution >= 0.6 is 24.0 Å². The number of non-ortho nitro benzene ring substituents is 1. The van der Waals surface area contributed by atoms with Crippen molar-refractivity contribution in [2.75, 3.05) is 19.6 Å². The third-order valence-corrected chi connectivity index (χ3v) is 3.87. The first kappa shape index (κ1) is 19.7. The molecule has 0 bridgehead atoms. The van der Waals surface area contributed by atoms with Gasteiger partial charge in [0.05, 0.1) is 11.5 Å². The van der Waals surface area contributed by atoms with Crippen molar-refractivity contribution < 1.29 is 4.92 Å². The van der Waals surface area contributed by atoms with Crippen LogP contribution in [0.4, 0.5) is 5.69 Å². The van der Waals surface area contributed by atoms with E-state index in [1.165, 1.54) is 12.1 Å². The maximum Gasteiger partial charge on any atom is 0.269 e. The van der Waals surface area contributed by atoms with Gasteiger partial charge < -0.3 is 10.2 Å². The Morgan fingerprint density at radius 3 is 2.52 bits per heavy atom. The zero-order chi connectivity index (χ0) is 16.2. The zero-order valence-electron chi connectivity index (χ0n) is 13.9. The van der Waals surface area contributed by atoms with E-state index in [-0.39, 0.29) is 34.6 Å². The summed E-state index contributed by atoms with van der Waals surface area (Å²) in [6.07, 6.45) is 1.16. The van der Waals surface area contributed by atoms with Crippen LogP contribution in [-0.4, -0.2) is 35.4 Å². The first-order chi connectivity index (χ1) is 10.4. The SMILES string of the molecule is CCNC(=NCc1ccc([N+](=O)[O-])cc1)N1CCC(C)(C)C1.I. The average molecular weight is 432 g/mol. The van der Waals surface area contributed by atoms with Crippen LogP contribution in [-0.2, 0) is 6.54 Å². The molecule has 23 heavy (non-hydrogen) atoms. The minimum atomic E-state index is -0.385. The number of aliphatic imine (C=N–C) groups is 1. The zero-order valence-corrected chi connectivity index (χ0v) is 16.2. The van der Waals surface area contributed by atoms with Gasteiger partial charge in [-0.2, -0.15) is 0 Å². The lowest BCUT2D eigenvalue weighted by Crippen LogP contribution is -2.40. The molecule has 1 fully saturated rings. The number of benzene rings is 1. The Morgan fingerprint density at radius 1 is 1.39 bits per heavy atom. The molecular formula is C16H25IN4O2. The number of hydrogen-bond acceptors (Lipinski definition) is 3. The molecule has 0 unspecified atom stereocenters. The maximum atomic E-state index is 10.7. The van der Waals surface area contributed by atoms with Crippen molar-refractivity contribution in [1.29, 1.82) is 0 Å². The molecule has 0 spiro atoms. The fourth-order valence-corrected chi connectivity index (χ4v) is 2.61. The largest absolute Gasteiger partial charge is 0.357 e. The van der Waals surface area contributed by atoms with E-state index < -0.39 is 0 Å². The van der Waals surface area contributed by atoms with Crippen LogP contribution in [0.2, 0.25) is 0 Å². The van der Waals surface area contributed by atoms with Crippen LogP contribution in [0, 0.1) is 15.5 Å². The first-order valence-electron chi connectivity index (χ1n) is 7.68. The van der Waals surface area contributed by atoms with Crippen molar-refractivity contribution in [2.24, 2.45) is 10.4 Å². The third-order valence-electron chi connectivity index (χ3n) is 3.87. The summed E-state index contributed by atoms with van der Waals surface area (Å²) in [4.78, 5) is 17.2. The van der Waals surface area contributed by atoms with Crippen LogP contribution < -0.4 is 5.32 Å². The molecule has 6 nitrogen and oxygen atoms in total. The highest BCUT2D eigenvalue weighted by atomic mass is 127. The summed E-state index contributed by atoms with van der Waals surface area (Å²) in [5, 5.41) is 14.0. The van der Waals surface area contributed by atoms with Crippen molar-refractivity contribution in [1.82, 2.24) is 10.2 Å². The van der Waals surface area contributed by atoms with Crippen LogP contribution in [0.1, 0.15) is 32.8 Å². The second-order valence-electron chi connectivity index (χ2n) is 6.43. The number of nitrogens with zero attached hydrogens (tertiary/aromatic N) is 3. The normalized spacial score (nSPS) is 16.8. The second kappa shape index (κ2) is 8.47. The molecule has 2 rings (SSSR count). The molecule has 0 aromatic heterocycles. The van der Waals surface area contributed by atoms with Gasteiger partial charge in [0.25, 0.3) is 5.69 Å². The van der Waals surface area contributed by atoms with Gasteiger partial charge in [-0.05, 0) is 24.3 Å². The van der Waals surface area contributed by atoms with Crippen LogP contribution in [0.25, 0.3) is 0 Å². The minimum absolute atomic E-state index is 0. The van der Waals surface area contributed by atoms with E-state index in [9.17, 15) is 10.1 Å². The van der Waals surface area contributed by atoms with E-state index in [1.807, 2.05) is 0 Å². The quantitative estimate of drug-likeness (QED) is 0.260. The summed E-state index contributed by atoms with van der Waals surface area (Å²) in [6, 6.07) is 6.58. The van der Waals surface area contributed by atoms with Gasteiger partial charge in [0.1, 0.15) is 0 Å². The number of halogens is 1. The predicted molar refractivity (Wildman–Crippen MR) is 103 cm³/mol. The monoisotopic (exact) mass is 432 g/mol. The Hall–Kier alpha value is -1.38. The van der Waals surface area contributed by atoms with E-state index in [0.29, 0.717) is 12.0 Å². The summed E-state index contributed by atoms with van der Waals surface area (Å²) in [7, 11) is 0. The summed E-state index contributed by atoms with van der Waals surface area (Å²) in [5.41, 5.74) is 1.41. The average Bonchev–Trinajstić information content (AvgIpc) is 2.84. The maximum absolute atomic E-state index is 10.7. The molecule has 0 saturated carbocycles. The number of nitro groups is 1. The molecule has 0 amide bonds. The van der Waals surface area contributed by atoms with E-state index in [2.05, 4.69) is 36.0 Å². The standard InChI is InChI=1S/C16H24N4O2.HI/c1-4-17-15(19-10-9-16(2,3)12-19)18-11-13-5-7-14(8-6-13)20(21)22;/h5-8H,4,9-12H2,1-3H3,(H,17,18);1H. The van der Waals surface area contributed by atoms with Gasteiger partial charge in [0, 0.05) is 31.8 Å². The Kier molecular flexibility index (Phi) is 7.24. The number of hydrogen-bond donors (Lipinski definition) is 1. The van der Waals surface area contributed by atoms with Crippen molar-refractivity contribution in [3.8, 4) is 0 Å². The first-order valence-corrected chi connectivity index (χ1v) is 7.68. The number of guanidine groups is 1. The number of rotatable bonds is 4. The molecule has 1 heterocycles. The molecule has 1 aromatic rings. The molecule has 1 aliphatic heterocycles. The third kappa shape index (κ3) is 5.63. The van der Waals surface area contributed by atoms with Crippen molar-refractivity contribution in [3.63, 3.8) is 0 Å². The highest BCUT2D eigenvalue weighted by molar-refractivity contribution is 14.0. The lowest BCUT2D eigenvalue weighted by molar-refractivity contribution is -0.384. The van der Waals surface area contributed by atoms with Gasteiger partial charge in [0.15, 0.2) is 5.96 Å². The van der Waals surface area contributed by atoms with Crippen molar-refractivity contribution in [2.45, 2.75) is 33.7 Å². The number of nitrogens with one attached hydrogen (secondary N) is 1. The molecular weight excluding hydrogens is 407 g/mol. The van der Waals surface area contributed by atoms with E-state index in [1.54, 1.807) is 12.1 Å². The lowest BCUT2D eigenvalue weighted by Gasteiger charge is -2.23. The Labute approximate surface area is 154 Å². The highest BCUT2D eigenvalue weighted by Gasteiger charge is 2.30. The summed E-state index contributed by atoms with van der Waals surface area (Å²) in [5.74, 6) is 0.923. The summed E-state index contributed by atoms with van der Waals surface area (Å²) in [6.45, 7) is 9.97. The van der Waals surface area contributed by atoms with E-state index in [4.69, 9.17) is 0 Å². The molecule has 7 heteroatoms. The van der Waals surface area contributed by atoms with Gasteiger partial charge in [-0.3, -0.25) is 10.1 Å². The smallest absolute Gasteiger partial charge is 0.269 e. The van der Waals surface area contributed by atoms with Crippen molar-refractivity contribution in [3.05, 3.63) is 39.9 Å². The van der Waals surface area contributed by atoms with Gasteiger partial charge in [-0.1, -0.05) is 26.0 Å². The van der Waals surface area contributed by atoms with Gasteiger partial charge in [-0.25, -0.2) is 4.99 Å². The molecule has 0 atom stereocenters. The lowest BCUT2D eigenvalue weighted by atomic mass is 9.93. The topological polar surface area (TPSA) is 70.8 Å². The van der Waals surface area contributed by atoms with Crippen LogP contribution in [0.5, 0.6) is 0 Å². The highest BCUT2D eigenvalue weighted by Crippen LogP contribution is 2.28. The van der Waals surface area contributed by atoms with Crippen molar-refractivity contribution >= 4 is 35.6 Å². The molecule has 1 saturated heterocycles. The Morgan fingerprint density at radius 2 is 2.04 bits per heavy atom. The van der Waals surface area contributed by atoms with Gasteiger partial charge >= 0.3 is 0 Å². The van der Waals surface area contributed by atoms with Gasteiger partial charge in [0.2, 0.25) is 0 Å². The molecule has 1 N–H and O–H groups in total. The summed E-state index contributed by atoms with van der Waals surface area (Å²) >= 11 is 0. The van der Waals surface area contributed by atoms with Gasteiger partial charge in [-0.15, -0.1) is 24.0 Å². The minimum Gasteiger partial charge on any atom is -0.357 e. The van der Waals surface area contributed by atoms with E-state index >= 15 is 0 Å². The molecule has 128 valence electrons. The number of likely N-dealkylation sites (tertiary alicyclic amines) is 1. The summed E-state index contributed by atoms with van der Waals surface area (Å²) < 4.78 is 0. The van der Waals surface area contributed by atoms with Crippen LogP contribution in [0.15, 0.2) is 29.3 Å². The predicted octanol–water partition coefficient (Wildman–Crippen LogP) is 3.41. The molecule has 1 aliphatic rings. The molecule has 0 aliphatic carbocycles. The fourth-order valence-electron chi connectivity index (χ4n) is 2.61. The molecule has 1 aromatic carbocycles. The Balaban J connectivity index is 0.00000264. The number of nitro benzene ring substituents is 1. The Bertz CT molecular complexity index is 558. The second-order valence-corrected chi connectivity index (χ2v) is 6.43. The van der Waals surface area contributed by atoms with E-state index in [0.717, 1.165) is 37.6 Å². The molecule has 0 radical (unpaired) electrons. The fraction of sp³-hybridized carbons (Fsp3) is 0.562. The van der Waals surface area contributed by atoms with Crippen LogP contribution in [0.3, 0.4) is 0 Å².